The fourth-order valence-electron chi connectivity index (χ4n) is 2.38. The molecule has 1 rings (SSSR count). The van der Waals surface area contributed by atoms with Gasteiger partial charge in [-0.25, -0.2) is 0 Å². The van der Waals surface area contributed by atoms with E-state index in [-0.39, 0.29) is 35.9 Å². The van der Waals surface area contributed by atoms with Crippen LogP contribution in [0.5, 0.6) is 0 Å². The molecule has 1 unspecified atom stereocenters. The Morgan fingerprint density at radius 2 is 2.00 bits per heavy atom. The first-order valence-corrected chi connectivity index (χ1v) is 7.87. The fourth-order valence-corrected chi connectivity index (χ4v) is 2.38. The number of guanidine groups is 1. The molecule has 0 spiro atoms. The van der Waals surface area contributed by atoms with Crippen LogP contribution in [0.3, 0.4) is 0 Å². The lowest BCUT2D eigenvalue weighted by atomic mass is 10.3. The number of alkyl halides is 3. The summed E-state index contributed by atoms with van der Waals surface area (Å²) < 4.78 is 37.1. The molecular formula is C14H27F3IN5O. The van der Waals surface area contributed by atoms with Gasteiger partial charge < -0.3 is 16.0 Å². The number of carbonyl (C=O) groups is 1. The van der Waals surface area contributed by atoms with Crippen molar-refractivity contribution in [3.05, 3.63) is 0 Å². The zero-order chi connectivity index (χ0) is 17.3. The molecule has 3 N–H and O–H groups in total. The fraction of sp³-hybridized carbons (Fsp3) is 0.857. The van der Waals surface area contributed by atoms with Crippen molar-refractivity contribution >= 4 is 35.8 Å². The third kappa shape index (κ3) is 10.2. The lowest BCUT2D eigenvalue weighted by Gasteiger charge is -2.19. The van der Waals surface area contributed by atoms with Gasteiger partial charge in [-0.2, -0.15) is 13.2 Å². The molecule has 1 saturated heterocycles. The lowest BCUT2D eigenvalue weighted by molar-refractivity contribution is -0.143. The Balaban J connectivity index is 0.00000529. The molecule has 0 aromatic carbocycles. The highest BCUT2D eigenvalue weighted by atomic mass is 127. The largest absolute Gasteiger partial charge is 0.401 e. The summed E-state index contributed by atoms with van der Waals surface area (Å²) in [5.74, 6) is 0.471. The van der Waals surface area contributed by atoms with E-state index in [1.807, 2.05) is 6.92 Å². The van der Waals surface area contributed by atoms with Crippen molar-refractivity contribution < 1.29 is 18.0 Å². The minimum atomic E-state index is -4.17. The maximum atomic E-state index is 12.4. The molecule has 1 fully saturated rings. The molecule has 142 valence electrons. The SMILES string of the molecule is CCCNC(=O)CCNC(=NC)NC1CCN(CC(F)(F)F)C1.I. The quantitative estimate of drug-likeness (QED) is 0.302. The van der Waals surface area contributed by atoms with Gasteiger partial charge in [0, 0.05) is 45.7 Å². The van der Waals surface area contributed by atoms with Crippen molar-refractivity contribution in [1.29, 1.82) is 0 Å². The van der Waals surface area contributed by atoms with E-state index < -0.39 is 12.7 Å². The van der Waals surface area contributed by atoms with Crippen LogP contribution in [-0.4, -0.2) is 68.8 Å². The number of aliphatic imine (C=N–C) groups is 1. The number of amides is 1. The van der Waals surface area contributed by atoms with E-state index in [0.717, 1.165) is 6.42 Å². The van der Waals surface area contributed by atoms with Crippen LogP contribution in [0, 0.1) is 0 Å². The molecule has 0 bridgehead atoms. The molecule has 0 radical (unpaired) electrons. The summed E-state index contributed by atoms with van der Waals surface area (Å²) in [6.07, 6.45) is -2.32. The van der Waals surface area contributed by atoms with Gasteiger partial charge in [-0.3, -0.25) is 14.7 Å². The molecule has 6 nitrogen and oxygen atoms in total. The van der Waals surface area contributed by atoms with Crippen molar-refractivity contribution in [3.63, 3.8) is 0 Å². The van der Waals surface area contributed by atoms with Crippen molar-refractivity contribution in [3.8, 4) is 0 Å². The minimum absolute atomic E-state index is 0. The molecular weight excluding hydrogens is 438 g/mol. The number of likely N-dealkylation sites (tertiary alicyclic amines) is 1. The number of nitrogens with zero attached hydrogens (tertiary/aromatic N) is 2. The zero-order valence-electron chi connectivity index (χ0n) is 14.1. The van der Waals surface area contributed by atoms with Gasteiger partial charge >= 0.3 is 6.18 Å². The lowest BCUT2D eigenvalue weighted by Crippen LogP contribution is -2.46. The van der Waals surface area contributed by atoms with Crippen molar-refractivity contribution in [2.75, 3.05) is 39.8 Å². The Morgan fingerprint density at radius 3 is 2.58 bits per heavy atom. The Kier molecular flexibility index (Phi) is 11.3. The Morgan fingerprint density at radius 1 is 1.29 bits per heavy atom. The summed E-state index contributed by atoms with van der Waals surface area (Å²) in [7, 11) is 1.59. The normalized spacial score (nSPS) is 18.9. The molecule has 10 heteroatoms. The highest BCUT2D eigenvalue weighted by Gasteiger charge is 2.34. The van der Waals surface area contributed by atoms with Gasteiger partial charge in [0.2, 0.25) is 5.91 Å². The van der Waals surface area contributed by atoms with Gasteiger partial charge in [-0.15, -0.1) is 24.0 Å². The topological polar surface area (TPSA) is 68.8 Å². The first-order valence-electron chi connectivity index (χ1n) is 7.87. The highest BCUT2D eigenvalue weighted by Crippen LogP contribution is 2.19. The summed E-state index contributed by atoms with van der Waals surface area (Å²) >= 11 is 0. The first kappa shape index (κ1) is 23.2. The maximum absolute atomic E-state index is 12.4. The predicted molar refractivity (Wildman–Crippen MR) is 98.7 cm³/mol. The van der Waals surface area contributed by atoms with Crippen LogP contribution < -0.4 is 16.0 Å². The smallest absolute Gasteiger partial charge is 0.356 e. The van der Waals surface area contributed by atoms with E-state index in [0.29, 0.717) is 45.0 Å². The van der Waals surface area contributed by atoms with E-state index in [9.17, 15) is 18.0 Å². The minimum Gasteiger partial charge on any atom is -0.356 e. The zero-order valence-corrected chi connectivity index (χ0v) is 16.4. The van der Waals surface area contributed by atoms with Crippen molar-refractivity contribution in [1.82, 2.24) is 20.9 Å². The van der Waals surface area contributed by atoms with Crippen LogP contribution >= 0.6 is 24.0 Å². The van der Waals surface area contributed by atoms with Crippen LogP contribution in [0.25, 0.3) is 0 Å². The summed E-state index contributed by atoms with van der Waals surface area (Å²) in [6.45, 7) is 2.92. The van der Waals surface area contributed by atoms with Gasteiger partial charge in [-0.05, 0) is 12.8 Å². The molecule has 24 heavy (non-hydrogen) atoms. The average molecular weight is 465 g/mol. The molecule has 0 aromatic heterocycles. The molecule has 1 amide bonds. The monoisotopic (exact) mass is 465 g/mol. The summed E-state index contributed by atoms with van der Waals surface area (Å²) in [5.41, 5.74) is 0. The van der Waals surface area contributed by atoms with Gasteiger partial charge in [0.1, 0.15) is 0 Å². The second kappa shape index (κ2) is 11.7. The van der Waals surface area contributed by atoms with E-state index in [1.165, 1.54) is 4.90 Å². The number of carbonyl (C=O) groups excluding carboxylic acids is 1. The third-order valence-corrected chi connectivity index (χ3v) is 3.46. The standard InChI is InChI=1S/C14H26F3N5O.HI/c1-3-6-19-12(23)4-7-20-13(18-2)21-11-5-8-22(9-11)10-14(15,16)17;/h11H,3-10H2,1-2H3,(H,19,23)(H2,18,20,21);1H. The number of hydrogen-bond acceptors (Lipinski definition) is 3. The third-order valence-electron chi connectivity index (χ3n) is 3.46. The molecule has 1 atom stereocenters. The Hall–Kier alpha value is -0.780. The summed E-state index contributed by atoms with van der Waals surface area (Å²) in [6, 6.07) is -0.0718. The molecule has 0 aromatic rings. The number of hydrogen-bond donors (Lipinski definition) is 3. The maximum Gasteiger partial charge on any atom is 0.401 e. The predicted octanol–water partition coefficient (Wildman–Crippen LogP) is 1.32. The van der Waals surface area contributed by atoms with Gasteiger partial charge in [0.15, 0.2) is 5.96 Å². The highest BCUT2D eigenvalue weighted by molar-refractivity contribution is 14.0. The van der Waals surface area contributed by atoms with E-state index >= 15 is 0 Å². The van der Waals surface area contributed by atoms with Crippen LogP contribution in [0.15, 0.2) is 4.99 Å². The van der Waals surface area contributed by atoms with E-state index in [1.54, 1.807) is 7.05 Å². The molecule has 0 aliphatic carbocycles. The first-order chi connectivity index (χ1) is 10.8. The van der Waals surface area contributed by atoms with Crippen LogP contribution in [-0.2, 0) is 4.79 Å². The van der Waals surface area contributed by atoms with Crippen LogP contribution in [0.1, 0.15) is 26.2 Å². The Labute approximate surface area is 158 Å². The number of rotatable bonds is 7. The van der Waals surface area contributed by atoms with Crippen molar-refractivity contribution in [2.45, 2.75) is 38.4 Å². The number of halogens is 4. The van der Waals surface area contributed by atoms with Gasteiger partial charge in [-0.1, -0.05) is 6.92 Å². The van der Waals surface area contributed by atoms with Crippen molar-refractivity contribution in [2.24, 2.45) is 4.99 Å². The van der Waals surface area contributed by atoms with Crippen LogP contribution in [0.4, 0.5) is 13.2 Å². The average Bonchev–Trinajstić information content (AvgIpc) is 2.88. The second-order valence-corrected chi connectivity index (χ2v) is 5.58. The Bertz CT molecular complexity index is 406. The molecule has 1 aliphatic heterocycles. The second-order valence-electron chi connectivity index (χ2n) is 5.58. The molecule has 1 heterocycles. The van der Waals surface area contributed by atoms with Gasteiger partial charge in [0.05, 0.1) is 6.54 Å². The molecule has 0 saturated carbocycles. The van der Waals surface area contributed by atoms with E-state index in [2.05, 4.69) is 20.9 Å². The molecule has 1 aliphatic rings. The summed E-state index contributed by atoms with van der Waals surface area (Å²) in [4.78, 5) is 16.9. The summed E-state index contributed by atoms with van der Waals surface area (Å²) in [5, 5.41) is 8.87. The van der Waals surface area contributed by atoms with Crippen LogP contribution in [0.2, 0.25) is 0 Å². The van der Waals surface area contributed by atoms with Gasteiger partial charge in [0.25, 0.3) is 0 Å². The number of nitrogens with one attached hydrogen (secondary N) is 3. The van der Waals surface area contributed by atoms with E-state index in [4.69, 9.17) is 0 Å².